The van der Waals surface area contributed by atoms with Crippen molar-refractivity contribution in [2.45, 2.75) is 32.4 Å². The topological polar surface area (TPSA) is 163 Å². The summed E-state index contributed by atoms with van der Waals surface area (Å²) in [5, 5.41) is 17.8. The van der Waals surface area contributed by atoms with Gasteiger partial charge in [-0.25, -0.2) is 14.5 Å². The van der Waals surface area contributed by atoms with Crippen molar-refractivity contribution in [2.75, 3.05) is 4.90 Å². The first-order valence-electron chi connectivity index (χ1n) is 9.09. The SMILES string of the molecule is Cn1c(N(C(N)=O)c2cnn(CCc3nn[nH]n3)c2)cc(=O)n(CC2CC2)c1=O. The van der Waals surface area contributed by atoms with Crippen LogP contribution in [0.15, 0.2) is 28.0 Å². The fourth-order valence-corrected chi connectivity index (χ4v) is 3.07. The van der Waals surface area contributed by atoms with Gasteiger partial charge in [-0.2, -0.15) is 10.3 Å². The van der Waals surface area contributed by atoms with Crippen molar-refractivity contribution in [3.63, 3.8) is 0 Å². The molecule has 2 amide bonds. The van der Waals surface area contributed by atoms with Gasteiger partial charge in [0.2, 0.25) is 0 Å². The van der Waals surface area contributed by atoms with Crippen LogP contribution < -0.4 is 21.9 Å². The molecule has 0 unspecified atom stereocenters. The number of aromatic nitrogens is 8. The third-order valence-electron chi connectivity index (χ3n) is 4.80. The summed E-state index contributed by atoms with van der Waals surface area (Å²) in [5.74, 6) is 0.962. The standard InChI is InChI=1S/C16H20N10O3/c1-23-13(6-14(27)25(16(23)29)8-10-2-3-10)26(15(17)28)11-7-18-24(9-11)5-4-12-19-21-22-20-12/h6-7,9-10H,2-5,8H2,1H3,(H2,17,28)(H,19,20,21,22). The monoisotopic (exact) mass is 400 g/mol. The van der Waals surface area contributed by atoms with Crippen LogP contribution in [0.2, 0.25) is 0 Å². The van der Waals surface area contributed by atoms with Crippen molar-refractivity contribution in [3.05, 3.63) is 45.1 Å². The van der Waals surface area contributed by atoms with E-state index in [1.807, 2.05) is 0 Å². The summed E-state index contributed by atoms with van der Waals surface area (Å²) in [6, 6.07) is 0.405. The molecule has 0 spiro atoms. The lowest BCUT2D eigenvalue weighted by atomic mass is 10.4. The van der Waals surface area contributed by atoms with E-state index in [1.165, 1.54) is 28.4 Å². The van der Waals surface area contributed by atoms with Crippen LogP contribution in [0.25, 0.3) is 0 Å². The zero-order chi connectivity index (χ0) is 20.5. The van der Waals surface area contributed by atoms with Crippen LogP contribution in [0.1, 0.15) is 18.7 Å². The van der Waals surface area contributed by atoms with Gasteiger partial charge >= 0.3 is 11.7 Å². The molecule has 0 atom stereocenters. The minimum Gasteiger partial charge on any atom is -0.351 e. The molecule has 3 aromatic heterocycles. The third kappa shape index (κ3) is 3.79. The second-order valence-corrected chi connectivity index (χ2v) is 6.95. The number of hydrogen-bond acceptors (Lipinski definition) is 7. The third-order valence-corrected chi connectivity index (χ3v) is 4.80. The first-order chi connectivity index (χ1) is 13.9. The number of urea groups is 1. The van der Waals surface area contributed by atoms with E-state index in [9.17, 15) is 14.4 Å². The summed E-state index contributed by atoms with van der Waals surface area (Å²) in [6.45, 7) is 0.824. The van der Waals surface area contributed by atoms with Gasteiger partial charge in [-0.3, -0.25) is 18.6 Å². The largest absolute Gasteiger partial charge is 0.351 e. The van der Waals surface area contributed by atoms with Gasteiger partial charge in [-0.05, 0) is 18.8 Å². The Bertz CT molecular complexity index is 1140. The molecule has 0 aliphatic heterocycles. The van der Waals surface area contributed by atoms with Gasteiger partial charge in [0.05, 0.1) is 11.9 Å². The van der Waals surface area contributed by atoms with Gasteiger partial charge < -0.3 is 5.73 Å². The lowest BCUT2D eigenvalue weighted by molar-refractivity contribution is 0.255. The number of anilines is 2. The Kier molecular flexibility index (Phi) is 4.70. The maximum atomic E-state index is 12.7. The number of amides is 2. The van der Waals surface area contributed by atoms with Crippen molar-refractivity contribution in [2.24, 2.45) is 18.7 Å². The fraction of sp³-hybridized carbons (Fsp3) is 0.438. The summed E-state index contributed by atoms with van der Waals surface area (Å²) in [4.78, 5) is 38.4. The van der Waals surface area contributed by atoms with E-state index in [4.69, 9.17) is 5.73 Å². The van der Waals surface area contributed by atoms with E-state index in [0.29, 0.717) is 36.9 Å². The Balaban J connectivity index is 1.63. The van der Waals surface area contributed by atoms with Gasteiger partial charge in [0, 0.05) is 38.8 Å². The van der Waals surface area contributed by atoms with E-state index in [-0.39, 0.29) is 5.82 Å². The van der Waals surface area contributed by atoms with E-state index in [2.05, 4.69) is 25.7 Å². The number of H-pyrrole nitrogens is 1. The summed E-state index contributed by atoms with van der Waals surface area (Å²) in [6.07, 6.45) is 5.51. The maximum Gasteiger partial charge on any atom is 0.332 e. The van der Waals surface area contributed by atoms with Crippen molar-refractivity contribution < 1.29 is 4.79 Å². The number of nitrogens with two attached hydrogens (primary N) is 1. The highest BCUT2D eigenvalue weighted by molar-refractivity contribution is 5.97. The fourth-order valence-electron chi connectivity index (χ4n) is 3.07. The van der Waals surface area contributed by atoms with Crippen LogP contribution in [0.5, 0.6) is 0 Å². The molecule has 1 fully saturated rings. The predicted octanol–water partition coefficient (Wildman–Crippen LogP) is -0.874. The molecule has 13 nitrogen and oxygen atoms in total. The van der Waals surface area contributed by atoms with Crippen LogP contribution in [0.3, 0.4) is 0 Å². The molecule has 0 aromatic carbocycles. The molecule has 152 valence electrons. The Hall–Kier alpha value is -3.77. The van der Waals surface area contributed by atoms with E-state index in [1.54, 1.807) is 10.9 Å². The summed E-state index contributed by atoms with van der Waals surface area (Å²) in [5.41, 5.74) is 4.93. The molecule has 3 aromatic rings. The second-order valence-electron chi connectivity index (χ2n) is 6.95. The highest BCUT2D eigenvalue weighted by Gasteiger charge is 2.26. The maximum absolute atomic E-state index is 12.7. The highest BCUT2D eigenvalue weighted by Crippen LogP contribution is 2.30. The number of aromatic amines is 1. The summed E-state index contributed by atoms with van der Waals surface area (Å²) < 4.78 is 4.01. The molecule has 3 N–H and O–H groups in total. The predicted molar refractivity (Wildman–Crippen MR) is 100 cm³/mol. The van der Waals surface area contributed by atoms with E-state index < -0.39 is 17.3 Å². The first-order valence-corrected chi connectivity index (χ1v) is 9.09. The molecule has 4 rings (SSSR count). The van der Waals surface area contributed by atoms with Gasteiger partial charge in [0.1, 0.15) is 5.82 Å². The Morgan fingerprint density at radius 2 is 2.17 bits per heavy atom. The van der Waals surface area contributed by atoms with E-state index >= 15 is 0 Å². The van der Waals surface area contributed by atoms with Crippen LogP contribution in [0, 0.1) is 5.92 Å². The van der Waals surface area contributed by atoms with Crippen molar-refractivity contribution in [1.82, 2.24) is 39.5 Å². The van der Waals surface area contributed by atoms with Gasteiger partial charge in [0.25, 0.3) is 5.56 Å². The number of primary amides is 1. The molecule has 0 saturated heterocycles. The lowest BCUT2D eigenvalue weighted by Crippen LogP contribution is -2.43. The molecular formula is C16H20N10O3. The van der Waals surface area contributed by atoms with Crippen molar-refractivity contribution in [3.8, 4) is 0 Å². The molecule has 0 bridgehead atoms. The number of nitrogens with zero attached hydrogens (tertiary/aromatic N) is 8. The van der Waals surface area contributed by atoms with E-state index in [0.717, 1.165) is 17.7 Å². The Morgan fingerprint density at radius 1 is 1.38 bits per heavy atom. The number of nitrogens with one attached hydrogen (secondary N) is 1. The number of aryl methyl sites for hydroxylation is 2. The zero-order valence-corrected chi connectivity index (χ0v) is 15.7. The summed E-state index contributed by atoms with van der Waals surface area (Å²) >= 11 is 0. The van der Waals surface area contributed by atoms with Crippen LogP contribution in [-0.4, -0.2) is 45.6 Å². The van der Waals surface area contributed by atoms with Crippen LogP contribution in [-0.2, 0) is 26.6 Å². The highest BCUT2D eigenvalue weighted by atomic mass is 16.2. The van der Waals surface area contributed by atoms with Gasteiger partial charge in [-0.15, -0.1) is 10.2 Å². The second kappa shape index (κ2) is 7.33. The Morgan fingerprint density at radius 3 is 2.83 bits per heavy atom. The average Bonchev–Trinajstić information content (AvgIpc) is 3.15. The molecule has 3 heterocycles. The van der Waals surface area contributed by atoms with Crippen LogP contribution >= 0.6 is 0 Å². The average molecular weight is 400 g/mol. The Labute approximate surface area is 163 Å². The normalized spacial score (nSPS) is 13.6. The first kappa shape index (κ1) is 18.6. The molecule has 29 heavy (non-hydrogen) atoms. The number of rotatable bonds is 7. The summed E-state index contributed by atoms with van der Waals surface area (Å²) in [7, 11) is 1.50. The number of hydrogen-bond donors (Lipinski definition) is 2. The smallest absolute Gasteiger partial charge is 0.332 e. The van der Waals surface area contributed by atoms with Crippen molar-refractivity contribution in [1.29, 1.82) is 0 Å². The van der Waals surface area contributed by atoms with Crippen LogP contribution in [0.4, 0.5) is 16.3 Å². The minimum atomic E-state index is -0.836. The van der Waals surface area contributed by atoms with Crippen molar-refractivity contribution >= 4 is 17.5 Å². The lowest BCUT2D eigenvalue weighted by Gasteiger charge is -2.21. The number of carbonyl (C=O) groups excluding carboxylic acids is 1. The molecule has 1 saturated carbocycles. The van der Waals surface area contributed by atoms with Gasteiger partial charge in [0.15, 0.2) is 5.82 Å². The number of tetrazole rings is 1. The molecule has 1 aliphatic rings. The molecule has 1 aliphatic carbocycles. The minimum absolute atomic E-state index is 0.0808. The molecule has 13 heteroatoms. The zero-order valence-electron chi connectivity index (χ0n) is 15.7. The quantitative estimate of drug-likeness (QED) is 0.520. The molecule has 0 radical (unpaired) electrons. The number of carbonyl (C=O) groups is 1. The molecular weight excluding hydrogens is 380 g/mol. The van der Waals surface area contributed by atoms with Gasteiger partial charge in [-0.1, -0.05) is 5.21 Å².